The first-order valence-electron chi connectivity index (χ1n) is 27.6. The van der Waals surface area contributed by atoms with Crippen molar-refractivity contribution in [1.29, 1.82) is 0 Å². The average Bonchev–Trinajstić information content (AvgIpc) is 4.44. The van der Waals surface area contributed by atoms with Gasteiger partial charge >= 0.3 is 0 Å². The smallest absolute Gasteiger partial charge is 0.119 e. The predicted octanol–water partition coefficient (Wildman–Crippen LogP) is 11.2. The second kappa shape index (κ2) is 31.5. The molecule has 17 heteroatoms. The molecule has 0 saturated heterocycles. The molecule has 7 aromatic rings. The van der Waals surface area contributed by atoms with Crippen LogP contribution in [0.2, 0.25) is 0 Å². The summed E-state index contributed by atoms with van der Waals surface area (Å²) in [6.07, 6.45) is 8.23. The molecule has 0 spiro atoms. The normalized spacial score (nSPS) is 11.9. The van der Waals surface area contributed by atoms with Gasteiger partial charge in [0.2, 0.25) is 0 Å². The highest BCUT2D eigenvalue weighted by Crippen LogP contribution is 2.39. The molecular weight excluding hydrogens is 1040 g/mol. The summed E-state index contributed by atoms with van der Waals surface area (Å²) in [5, 5.41) is 10.5. The van der Waals surface area contributed by atoms with Crippen molar-refractivity contribution >= 4 is 46.4 Å². The third-order valence-electron chi connectivity index (χ3n) is 13.2. The van der Waals surface area contributed by atoms with E-state index in [9.17, 15) is 5.11 Å². The monoisotopic (exact) mass is 1120 g/mol. The van der Waals surface area contributed by atoms with E-state index in [1.807, 2.05) is 54.6 Å². The van der Waals surface area contributed by atoms with Crippen molar-refractivity contribution in [2.24, 2.45) is 0 Å². The van der Waals surface area contributed by atoms with E-state index in [-0.39, 0.29) is 5.75 Å². The van der Waals surface area contributed by atoms with Crippen LogP contribution in [0, 0.1) is 0 Å². The summed E-state index contributed by atoms with van der Waals surface area (Å²) in [7, 11) is 4.95. The van der Waals surface area contributed by atoms with Crippen LogP contribution in [0.5, 0.6) is 23.0 Å². The van der Waals surface area contributed by atoms with Crippen molar-refractivity contribution in [3.05, 3.63) is 144 Å². The number of phenolic OH excluding ortho intramolecular Hbond substituents is 1. The molecule has 0 fully saturated rings. The van der Waals surface area contributed by atoms with Gasteiger partial charge in [-0.1, -0.05) is 48.5 Å². The molecule has 3 N–H and O–H groups in total. The molecule has 0 saturated carbocycles. The van der Waals surface area contributed by atoms with Crippen LogP contribution in [0.15, 0.2) is 121 Å². The van der Waals surface area contributed by atoms with Crippen molar-refractivity contribution in [2.45, 2.75) is 0 Å². The summed E-state index contributed by atoms with van der Waals surface area (Å²) in [5.41, 5.74) is 13.5. The second-order valence-electron chi connectivity index (χ2n) is 18.8. The number of aromatic amines is 2. The molecule has 2 aliphatic heterocycles. The SMILES string of the molecule is COCCOCCOCCOc1ccc(-c2c3nc(c(-c4ccc(OCCOCCOCCOC)cc4)c4ccc([nH]4)c(-c4ccc(OCCOCCOCCOC)cc4)c4nc(c(-c5ccc(O)cc5)c5ccc2[nH]5)C=C4)C=C3)cc1. The zero-order chi connectivity index (χ0) is 56.6. The van der Waals surface area contributed by atoms with Crippen LogP contribution in [0.3, 0.4) is 0 Å². The van der Waals surface area contributed by atoms with E-state index in [1.165, 1.54) is 0 Å². The van der Waals surface area contributed by atoms with Gasteiger partial charge < -0.3 is 71.9 Å². The molecule has 2 aliphatic rings. The summed E-state index contributed by atoms with van der Waals surface area (Å²) in [6, 6.07) is 39.7. The van der Waals surface area contributed by atoms with Gasteiger partial charge in [-0.2, -0.15) is 0 Å². The number of rotatable bonds is 34. The average molecular weight is 1120 g/mol. The number of nitrogens with one attached hydrogen (secondary N) is 2. The number of methoxy groups -OCH3 is 3. The zero-order valence-electron chi connectivity index (χ0n) is 46.8. The number of phenols is 1. The Balaban J connectivity index is 1.11. The van der Waals surface area contributed by atoms with Gasteiger partial charge in [-0.15, -0.1) is 0 Å². The van der Waals surface area contributed by atoms with Gasteiger partial charge in [0, 0.05) is 65.7 Å². The Bertz CT molecular complexity index is 3260. The fourth-order valence-electron chi connectivity index (χ4n) is 9.25. The molecule has 0 amide bonds. The lowest BCUT2D eigenvalue weighted by Crippen LogP contribution is -2.12. The first-order chi connectivity index (χ1) is 40.5. The molecule has 3 aromatic heterocycles. The maximum absolute atomic E-state index is 10.5. The van der Waals surface area contributed by atoms with Gasteiger partial charge in [0.05, 0.1) is 122 Å². The van der Waals surface area contributed by atoms with Crippen LogP contribution in [-0.4, -0.2) is 165 Å². The molecule has 0 radical (unpaired) electrons. The van der Waals surface area contributed by atoms with E-state index >= 15 is 0 Å². The lowest BCUT2D eigenvalue weighted by atomic mass is 10.0. The molecular formula is C65H72N4O13. The quantitative estimate of drug-likeness (QED) is 0.0323. The highest BCUT2D eigenvalue weighted by Gasteiger charge is 2.20. The van der Waals surface area contributed by atoms with Crippen molar-refractivity contribution in [3.8, 4) is 67.5 Å². The van der Waals surface area contributed by atoms with E-state index in [0.29, 0.717) is 136 Å². The van der Waals surface area contributed by atoms with Crippen molar-refractivity contribution < 1.29 is 61.9 Å². The summed E-state index contributed by atoms with van der Waals surface area (Å²) in [6.45, 7) is 8.48. The van der Waals surface area contributed by atoms with Crippen molar-refractivity contribution in [3.63, 3.8) is 0 Å². The fourth-order valence-corrected chi connectivity index (χ4v) is 9.25. The Hall–Kier alpha value is -7.68. The number of aromatic nitrogens is 4. The van der Waals surface area contributed by atoms with E-state index in [2.05, 4.69) is 88.9 Å². The number of ether oxygens (including phenoxy) is 12. The van der Waals surface area contributed by atoms with Crippen LogP contribution in [0.25, 0.3) is 90.9 Å². The minimum atomic E-state index is 0.164. The Morgan fingerprint density at radius 3 is 0.780 bits per heavy atom. The van der Waals surface area contributed by atoms with Gasteiger partial charge in [-0.3, -0.25) is 0 Å². The number of nitrogens with zero attached hydrogens (tertiary/aromatic N) is 2. The largest absolute Gasteiger partial charge is 0.508 e. The molecule has 5 heterocycles. The lowest BCUT2D eigenvalue weighted by molar-refractivity contribution is 0.0180. The van der Waals surface area contributed by atoms with Gasteiger partial charge in [0.25, 0.3) is 0 Å². The minimum Gasteiger partial charge on any atom is -0.508 e. The first kappa shape index (κ1) is 59.0. The zero-order valence-corrected chi connectivity index (χ0v) is 46.8. The third kappa shape index (κ3) is 16.5. The Kier molecular flexibility index (Phi) is 22.7. The molecule has 430 valence electrons. The van der Waals surface area contributed by atoms with Gasteiger partial charge in [0.1, 0.15) is 42.8 Å². The molecule has 82 heavy (non-hydrogen) atoms. The second-order valence-corrected chi connectivity index (χ2v) is 18.8. The van der Waals surface area contributed by atoms with E-state index in [1.54, 1.807) is 33.5 Å². The summed E-state index contributed by atoms with van der Waals surface area (Å²) < 4.78 is 67.2. The molecule has 0 atom stereocenters. The number of benzene rings is 4. The number of aromatic hydroxyl groups is 1. The topological polar surface area (TPSA) is 188 Å². The molecule has 17 nitrogen and oxygen atoms in total. The van der Waals surface area contributed by atoms with Crippen LogP contribution in [-0.2, 0) is 42.6 Å². The Morgan fingerprint density at radius 2 is 0.524 bits per heavy atom. The fraction of sp³-hybridized carbons (Fsp3) is 0.323. The van der Waals surface area contributed by atoms with Crippen molar-refractivity contribution in [2.75, 3.05) is 140 Å². The number of fused-ring (bicyclic) bond motifs is 8. The van der Waals surface area contributed by atoms with Gasteiger partial charge in [-0.25, -0.2) is 9.97 Å². The first-order valence-corrected chi connectivity index (χ1v) is 27.6. The number of hydrogen-bond donors (Lipinski definition) is 3. The van der Waals surface area contributed by atoms with E-state index in [0.717, 1.165) is 89.4 Å². The van der Waals surface area contributed by atoms with Crippen LogP contribution >= 0.6 is 0 Å². The van der Waals surface area contributed by atoms with Crippen LogP contribution < -0.4 is 14.2 Å². The molecule has 9 rings (SSSR count). The summed E-state index contributed by atoms with van der Waals surface area (Å²) in [5.74, 6) is 2.29. The maximum atomic E-state index is 10.5. The summed E-state index contributed by atoms with van der Waals surface area (Å²) >= 11 is 0. The molecule has 0 aliphatic carbocycles. The number of H-pyrrole nitrogens is 2. The van der Waals surface area contributed by atoms with Crippen molar-refractivity contribution in [1.82, 2.24) is 19.9 Å². The highest BCUT2D eigenvalue weighted by atomic mass is 16.6. The summed E-state index contributed by atoms with van der Waals surface area (Å²) in [4.78, 5) is 18.5. The van der Waals surface area contributed by atoms with Crippen LogP contribution in [0.4, 0.5) is 0 Å². The molecule has 4 aromatic carbocycles. The van der Waals surface area contributed by atoms with E-state index < -0.39 is 0 Å². The molecule has 8 bridgehead atoms. The lowest BCUT2D eigenvalue weighted by Gasteiger charge is -2.10. The Morgan fingerprint density at radius 1 is 0.293 bits per heavy atom. The predicted molar refractivity (Wildman–Crippen MR) is 319 cm³/mol. The number of hydrogen-bond acceptors (Lipinski definition) is 15. The Labute approximate surface area is 478 Å². The highest BCUT2D eigenvalue weighted by molar-refractivity contribution is 6.00. The minimum absolute atomic E-state index is 0.164. The van der Waals surface area contributed by atoms with Crippen LogP contribution in [0.1, 0.15) is 22.8 Å². The standard InChI is InChI=1S/C65H72N4O13/c1-71-28-31-74-34-37-77-40-43-80-51-14-6-47(7-15-51)63-56-22-20-54(66-56)62(46-4-12-50(70)13-5-46)55-21-23-57(67-55)64(48-8-16-52(17-9-48)81-44-41-78-38-35-75-32-29-72-2)59-25-27-61(69-59)65(60-26-24-58(63)68-60)49-10-18-53(19-11-49)82-45-42-79-39-36-76-33-30-73-3/h4-27,66,69-70H,28-45H2,1-3H3. The third-order valence-corrected chi connectivity index (χ3v) is 13.2. The van der Waals surface area contributed by atoms with Gasteiger partial charge in [0.15, 0.2) is 0 Å². The maximum Gasteiger partial charge on any atom is 0.119 e. The van der Waals surface area contributed by atoms with Gasteiger partial charge in [-0.05, 0) is 119 Å². The molecule has 0 unspecified atom stereocenters. The van der Waals surface area contributed by atoms with E-state index in [4.69, 9.17) is 66.8 Å².